The maximum atomic E-state index is 14.1. The molecule has 1 saturated heterocycles. The number of morpholine rings is 1. The number of carbonyl (C=O) groups excluding carboxylic acids is 1. The van der Waals surface area contributed by atoms with Crippen LogP contribution in [0.1, 0.15) is 5.56 Å². The van der Waals surface area contributed by atoms with Crippen LogP contribution in [0.15, 0.2) is 12.1 Å². The molecule has 2 rings (SSSR count). The van der Waals surface area contributed by atoms with E-state index in [2.05, 4.69) is 4.74 Å². The smallest absolute Gasteiger partial charge is 0.421 e. The maximum absolute atomic E-state index is 14.1. The fraction of sp³-hybridized carbons (Fsp3) is 0.500. The minimum atomic E-state index is -5.03. The van der Waals surface area contributed by atoms with E-state index in [-0.39, 0.29) is 26.3 Å². The number of halogens is 5. The Hall–Kier alpha value is -1.22. The Balaban J connectivity index is 2.76. The molecule has 1 N–H and O–H groups in total. The summed E-state index contributed by atoms with van der Waals surface area (Å²) in [6.45, 7) is -0.252. The Morgan fingerprint density at radius 2 is 1.75 bits per heavy atom. The number of carbonyl (C=O) groups is 1. The van der Waals surface area contributed by atoms with E-state index in [4.69, 9.17) is 27.9 Å². The van der Waals surface area contributed by atoms with Gasteiger partial charge in [-0.3, -0.25) is 4.90 Å². The van der Waals surface area contributed by atoms with E-state index < -0.39 is 39.0 Å². The van der Waals surface area contributed by atoms with Crippen molar-refractivity contribution in [3.05, 3.63) is 27.7 Å². The second-order valence-electron chi connectivity index (χ2n) is 5.09. The number of alkyl halides is 3. The SMILES string of the molecule is COC(=O)[C@@](c1cc(Cl)c(O)c(Cl)c1)(N1CCOCC1)C(F)(F)F. The fourth-order valence-corrected chi connectivity index (χ4v) is 3.20. The minimum Gasteiger partial charge on any atom is -0.505 e. The highest BCUT2D eigenvalue weighted by molar-refractivity contribution is 6.37. The molecule has 0 bridgehead atoms. The zero-order chi connectivity index (χ0) is 18.1. The molecular weight excluding hydrogens is 374 g/mol. The van der Waals surface area contributed by atoms with E-state index in [0.717, 1.165) is 24.1 Å². The van der Waals surface area contributed by atoms with Crippen LogP contribution in [0, 0.1) is 0 Å². The lowest BCUT2D eigenvalue weighted by Crippen LogP contribution is -2.64. The molecule has 1 atom stereocenters. The lowest BCUT2D eigenvalue weighted by molar-refractivity contribution is -0.250. The van der Waals surface area contributed by atoms with E-state index in [9.17, 15) is 23.1 Å². The number of phenolic OH excluding ortho intramolecular Hbond substituents is 1. The molecule has 0 aromatic heterocycles. The van der Waals surface area contributed by atoms with E-state index in [0.29, 0.717) is 0 Å². The number of hydrogen-bond donors (Lipinski definition) is 1. The fourth-order valence-electron chi connectivity index (χ4n) is 2.71. The molecule has 134 valence electrons. The molecule has 24 heavy (non-hydrogen) atoms. The Kier molecular flexibility index (Phi) is 5.54. The van der Waals surface area contributed by atoms with Crippen LogP contribution in [0.2, 0.25) is 10.0 Å². The van der Waals surface area contributed by atoms with Crippen LogP contribution >= 0.6 is 23.2 Å². The lowest BCUT2D eigenvalue weighted by atomic mass is 9.86. The van der Waals surface area contributed by atoms with Crippen LogP contribution in [0.4, 0.5) is 13.2 Å². The van der Waals surface area contributed by atoms with Crippen molar-refractivity contribution < 1.29 is 32.5 Å². The number of aromatic hydroxyl groups is 1. The van der Waals surface area contributed by atoms with Crippen LogP contribution in [-0.4, -0.2) is 55.6 Å². The molecule has 1 aliphatic heterocycles. The van der Waals surface area contributed by atoms with Gasteiger partial charge < -0.3 is 14.6 Å². The molecule has 0 aliphatic carbocycles. The summed E-state index contributed by atoms with van der Waals surface area (Å²) in [5.41, 5.74) is -3.64. The molecule has 5 nitrogen and oxygen atoms in total. The van der Waals surface area contributed by atoms with Gasteiger partial charge in [0.15, 0.2) is 5.75 Å². The van der Waals surface area contributed by atoms with Crippen molar-refractivity contribution in [3.63, 3.8) is 0 Å². The van der Waals surface area contributed by atoms with Gasteiger partial charge in [-0.2, -0.15) is 13.2 Å². The normalized spacial score (nSPS) is 18.9. The van der Waals surface area contributed by atoms with Crippen LogP contribution < -0.4 is 0 Å². The highest BCUT2D eigenvalue weighted by Crippen LogP contribution is 2.48. The van der Waals surface area contributed by atoms with Crippen molar-refractivity contribution in [1.29, 1.82) is 0 Å². The standard InChI is InChI=1S/C14H14Cl2F3NO4/c1-23-12(22)13(14(17,18)19,20-2-4-24-5-3-20)8-6-9(15)11(21)10(16)7-8/h6-7,21H,2-5H2,1H3/t13-/m1/s1. The average molecular weight is 388 g/mol. The summed E-state index contributed by atoms with van der Waals surface area (Å²) in [7, 11) is 0.868. The van der Waals surface area contributed by atoms with Crippen molar-refractivity contribution in [1.82, 2.24) is 4.90 Å². The zero-order valence-electron chi connectivity index (χ0n) is 12.5. The van der Waals surface area contributed by atoms with Gasteiger partial charge in [0.2, 0.25) is 5.54 Å². The molecule has 0 unspecified atom stereocenters. The van der Waals surface area contributed by atoms with Gasteiger partial charge in [-0.25, -0.2) is 4.79 Å². The third kappa shape index (κ3) is 3.03. The number of methoxy groups -OCH3 is 1. The number of nitrogens with zero attached hydrogens (tertiary/aromatic N) is 1. The molecular formula is C14H14Cl2F3NO4. The van der Waals surface area contributed by atoms with E-state index in [1.807, 2.05) is 0 Å². The monoisotopic (exact) mass is 387 g/mol. The van der Waals surface area contributed by atoms with Crippen LogP contribution in [0.5, 0.6) is 5.75 Å². The molecule has 0 radical (unpaired) electrons. The second kappa shape index (κ2) is 6.95. The number of rotatable bonds is 3. The van der Waals surface area contributed by atoms with Gasteiger partial charge >= 0.3 is 12.1 Å². The molecule has 1 aromatic carbocycles. The highest BCUT2D eigenvalue weighted by atomic mass is 35.5. The Bertz CT molecular complexity index is 612. The summed E-state index contributed by atoms with van der Waals surface area (Å²) in [5, 5.41) is 8.81. The summed E-state index contributed by atoms with van der Waals surface area (Å²) in [6, 6.07) is 1.73. The van der Waals surface area contributed by atoms with E-state index in [1.165, 1.54) is 0 Å². The minimum absolute atomic E-state index is 0.0222. The molecule has 10 heteroatoms. The number of benzene rings is 1. The number of esters is 1. The number of ether oxygens (including phenoxy) is 2. The van der Waals surface area contributed by atoms with Gasteiger partial charge in [0.1, 0.15) is 0 Å². The van der Waals surface area contributed by atoms with Gasteiger partial charge in [0.25, 0.3) is 0 Å². The zero-order valence-corrected chi connectivity index (χ0v) is 14.0. The van der Waals surface area contributed by atoms with Gasteiger partial charge in [-0.15, -0.1) is 0 Å². The summed E-state index contributed by atoms with van der Waals surface area (Å²) in [4.78, 5) is 13.2. The Morgan fingerprint density at radius 1 is 1.25 bits per heavy atom. The molecule has 1 aliphatic rings. The van der Waals surface area contributed by atoms with Crippen LogP contribution in [-0.2, 0) is 19.8 Å². The van der Waals surface area contributed by atoms with E-state index >= 15 is 0 Å². The van der Waals surface area contributed by atoms with Gasteiger partial charge in [0, 0.05) is 13.1 Å². The topological polar surface area (TPSA) is 59.0 Å². The predicted octanol–water partition coefficient (Wildman–Crippen LogP) is 2.96. The van der Waals surface area contributed by atoms with Crippen molar-refractivity contribution in [3.8, 4) is 5.75 Å². The first-order chi connectivity index (χ1) is 11.2. The summed E-state index contributed by atoms with van der Waals surface area (Å²) in [6.07, 6.45) is -5.03. The maximum Gasteiger partial charge on any atom is 0.421 e. The number of hydrogen-bond acceptors (Lipinski definition) is 5. The highest BCUT2D eigenvalue weighted by Gasteiger charge is 2.66. The third-order valence-corrected chi connectivity index (χ3v) is 4.39. The average Bonchev–Trinajstić information content (AvgIpc) is 2.52. The molecule has 0 spiro atoms. The third-order valence-electron chi connectivity index (χ3n) is 3.81. The predicted molar refractivity (Wildman–Crippen MR) is 80.3 cm³/mol. The van der Waals surface area contributed by atoms with Gasteiger partial charge in [-0.05, 0) is 17.7 Å². The first-order valence-corrected chi connectivity index (χ1v) is 7.58. The Morgan fingerprint density at radius 3 is 2.17 bits per heavy atom. The molecule has 0 saturated carbocycles. The lowest BCUT2D eigenvalue weighted by Gasteiger charge is -2.44. The van der Waals surface area contributed by atoms with E-state index in [1.54, 1.807) is 0 Å². The van der Waals surface area contributed by atoms with Crippen LogP contribution in [0.25, 0.3) is 0 Å². The largest absolute Gasteiger partial charge is 0.505 e. The van der Waals surface area contributed by atoms with Crippen molar-refractivity contribution >= 4 is 29.2 Å². The van der Waals surface area contributed by atoms with Crippen molar-refractivity contribution in [2.45, 2.75) is 11.7 Å². The first-order valence-electron chi connectivity index (χ1n) is 6.82. The quantitative estimate of drug-likeness (QED) is 0.808. The second-order valence-corrected chi connectivity index (χ2v) is 5.90. The number of phenols is 1. The van der Waals surface area contributed by atoms with Gasteiger partial charge in [0.05, 0.1) is 30.4 Å². The summed E-state index contributed by atoms with van der Waals surface area (Å²) < 4.78 is 51.9. The summed E-state index contributed by atoms with van der Waals surface area (Å²) >= 11 is 11.5. The van der Waals surface area contributed by atoms with Crippen molar-refractivity contribution in [2.75, 3.05) is 33.4 Å². The van der Waals surface area contributed by atoms with Gasteiger partial charge in [-0.1, -0.05) is 23.2 Å². The molecule has 1 heterocycles. The van der Waals surface area contributed by atoms with Crippen LogP contribution in [0.3, 0.4) is 0 Å². The molecule has 0 amide bonds. The van der Waals surface area contributed by atoms with Crippen molar-refractivity contribution in [2.24, 2.45) is 0 Å². The summed E-state index contributed by atoms with van der Waals surface area (Å²) in [5.74, 6) is -2.08. The molecule has 1 fully saturated rings. The first kappa shape index (κ1) is 19.1. The molecule has 1 aromatic rings. The Labute approximate surface area is 145 Å².